The highest BCUT2D eigenvalue weighted by molar-refractivity contribution is 6.04. The van der Waals surface area contributed by atoms with Crippen molar-refractivity contribution in [3.8, 4) is 0 Å². The molecule has 0 aromatic carbocycles. The van der Waals surface area contributed by atoms with E-state index in [1.54, 1.807) is 15.9 Å². The van der Waals surface area contributed by atoms with Crippen LogP contribution in [0.25, 0.3) is 0 Å². The van der Waals surface area contributed by atoms with E-state index in [1.165, 1.54) is 18.6 Å². The Morgan fingerprint density at radius 2 is 2.03 bits per heavy atom. The predicted molar refractivity (Wildman–Crippen MR) is 106 cm³/mol. The van der Waals surface area contributed by atoms with Crippen LogP contribution < -0.4 is 20.0 Å². The van der Waals surface area contributed by atoms with Crippen LogP contribution in [0.4, 0.5) is 41.1 Å². The standard InChI is InChI=1S/C19H20F3N7O2/c20-19(21,22)14-11-28(7-8-31-14)16-2-1-13-17(26-16)29(12-3-6-27(13)10-12)18(30)25-15-9-23-4-5-24-15/h1-2,4-5,9,12,14H,3,6-8,10-11H2,(H,24,25,30)/t12-,14+/m0/s1. The van der Waals surface area contributed by atoms with Gasteiger partial charge in [0.25, 0.3) is 0 Å². The lowest BCUT2D eigenvalue weighted by atomic mass is 10.2. The summed E-state index contributed by atoms with van der Waals surface area (Å²) in [4.78, 5) is 31.0. The summed E-state index contributed by atoms with van der Waals surface area (Å²) in [5, 5.41) is 2.73. The number of alkyl halides is 3. The minimum Gasteiger partial charge on any atom is -0.366 e. The van der Waals surface area contributed by atoms with E-state index in [0.717, 1.165) is 18.7 Å². The Balaban J connectivity index is 1.45. The maximum atomic E-state index is 13.1. The lowest BCUT2D eigenvalue weighted by Gasteiger charge is -2.38. The maximum Gasteiger partial charge on any atom is 0.416 e. The van der Waals surface area contributed by atoms with Crippen molar-refractivity contribution in [2.24, 2.45) is 0 Å². The van der Waals surface area contributed by atoms with Crippen molar-refractivity contribution in [1.82, 2.24) is 15.0 Å². The van der Waals surface area contributed by atoms with Gasteiger partial charge in [0, 0.05) is 32.0 Å². The number of ether oxygens (including phenoxy) is 1. The SMILES string of the molecule is O=C(Nc1cnccn1)N1c2nc(N3CCO[C@@H](C(F)(F)F)C3)ccc2N2CC[C@H]1C2. The van der Waals surface area contributed by atoms with Gasteiger partial charge in [0.1, 0.15) is 5.82 Å². The molecule has 0 spiro atoms. The van der Waals surface area contributed by atoms with Crippen molar-refractivity contribution in [3.05, 3.63) is 30.7 Å². The van der Waals surface area contributed by atoms with Crippen LogP contribution in [0.3, 0.4) is 0 Å². The van der Waals surface area contributed by atoms with Crippen molar-refractivity contribution >= 4 is 29.2 Å². The van der Waals surface area contributed by atoms with Crippen LogP contribution in [0.2, 0.25) is 0 Å². The highest BCUT2D eigenvalue weighted by Crippen LogP contribution is 2.40. The first-order chi connectivity index (χ1) is 14.9. The van der Waals surface area contributed by atoms with Crippen LogP contribution in [0.1, 0.15) is 6.42 Å². The lowest BCUT2D eigenvalue weighted by molar-refractivity contribution is -0.221. The summed E-state index contributed by atoms with van der Waals surface area (Å²) in [7, 11) is 0. The number of carbonyl (C=O) groups excluding carboxylic acids is 1. The highest BCUT2D eigenvalue weighted by atomic mass is 19.4. The summed E-state index contributed by atoms with van der Waals surface area (Å²) >= 11 is 0. The van der Waals surface area contributed by atoms with Gasteiger partial charge in [-0.05, 0) is 18.6 Å². The first-order valence-electron chi connectivity index (χ1n) is 9.95. The molecule has 1 N–H and O–H groups in total. The molecule has 12 heteroatoms. The van der Waals surface area contributed by atoms with Gasteiger partial charge in [-0.1, -0.05) is 0 Å². The Bertz CT molecular complexity index is 975. The fraction of sp³-hybridized carbons (Fsp3) is 0.474. The second kappa shape index (κ2) is 7.52. The quantitative estimate of drug-likeness (QED) is 0.775. The molecular formula is C19H20F3N7O2. The van der Waals surface area contributed by atoms with Gasteiger partial charge in [0.15, 0.2) is 17.7 Å². The smallest absolute Gasteiger partial charge is 0.366 e. The highest BCUT2D eigenvalue weighted by Gasteiger charge is 2.44. The molecule has 0 saturated carbocycles. The van der Waals surface area contributed by atoms with E-state index in [4.69, 9.17) is 4.74 Å². The number of pyridine rings is 1. The lowest BCUT2D eigenvalue weighted by Crippen LogP contribution is -2.50. The number of halogens is 3. The molecule has 31 heavy (non-hydrogen) atoms. The molecule has 2 aromatic heterocycles. The van der Waals surface area contributed by atoms with E-state index in [1.807, 2.05) is 6.07 Å². The summed E-state index contributed by atoms with van der Waals surface area (Å²) < 4.78 is 44.3. The molecule has 0 unspecified atom stereocenters. The van der Waals surface area contributed by atoms with E-state index in [-0.39, 0.29) is 25.7 Å². The number of nitrogens with zero attached hydrogens (tertiary/aromatic N) is 6. The molecule has 3 aliphatic rings. The van der Waals surface area contributed by atoms with Crippen molar-refractivity contribution in [1.29, 1.82) is 0 Å². The van der Waals surface area contributed by atoms with Gasteiger partial charge in [0.05, 0.1) is 31.1 Å². The average Bonchev–Trinajstić information content (AvgIpc) is 3.18. The van der Waals surface area contributed by atoms with Crippen LogP contribution in [0.15, 0.2) is 30.7 Å². The molecule has 0 aliphatic carbocycles. The summed E-state index contributed by atoms with van der Waals surface area (Å²) in [5.41, 5.74) is 0.785. The van der Waals surface area contributed by atoms with E-state index in [9.17, 15) is 18.0 Å². The van der Waals surface area contributed by atoms with Gasteiger partial charge in [-0.15, -0.1) is 0 Å². The molecule has 5 heterocycles. The normalized spacial score (nSPS) is 23.0. The zero-order chi connectivity index (χ0) is 21.6. The zero-order valence-corrected chi connectivity index (χ0v) is 16.4. The molecule has 164 valence electrons. The minimum absolute atomic E-state index is 0.0471. The molecular weight excluding hydrogens is 415 g/mol. The monoisotopic (exact) mass is 435 g/mol. The number of urea groups is 1. The van der Waals surface area contributed by atoms with Crippen LogP contribution in [-0.4, -0.2) is 72.1 Å². The fourth-order valence-electron chi connectivity index (χ4n) is 4.23. The van der Waals surface area contributed by atoms with Crippen molar-refractivity contribution < 1.29 is 22.7 Å². The number of hydrogen-bond acceptors (Lipinski definition) is 7. The van der Waals surface area contributed by atoms with Crippen LogP contribution in [-0.2, 0) is 4.74 Å². The zero-order valence-electron chi connectivity index (χ0n) is 16.4. The third-order valence-corrected chi connectivity index (χ3v) is 5.71. The second-order valence-electron chi connectivity index (χ2n) is 7.64. The fourth-order valence-corrected chi connectivity index (χ4v) is 4.23. The van der Waals surface area contributed by atoms with Gasteiger partial charge in [-0.2, -0.15) is 13.2 Å². The van der Waals surface area contributed by atoms with Gasteiger partial charge in [-0.3, -0.25) is 15.2 Å². The maximum absolute atomic E-state index is 13.1. The van der Waals surface area contributed by atoms with Gasteiger partial charge >= 0.3 is 12.2 Å². The number of nitrogens with one attached hydrogen (secondary N) is 1. The number of amides is 2. The molecule has 2 amide bonds. The Morgan fingerprint density at radius 3 is 2.81 bits per heavy atom. The third kappa shape index (κ3) is 3.71. The molecule has 2 bridgehead atoms. The van der Waals surface area contributed by atoms with E-state index in [0.29, 0.717) is 24.0 Å². The first kappa shape index (κ1) is 19.8. The largest absolute Gasteiger partial charge is 0.416 e. The molecule has 3 aliphatic heterocycles. The third-order valence-electron chi connectivity index (χ3n) is 5.71. The topological polar surface area (TPSA) is 86.7 Å². The molecule has 9 nitrogen and oxygen atoms in total. The van der Waals surface area contributed by atoms with Crippen LogP contribution in [0, 0.1) is 0 Å². The number of fused-ring (bicyclic) bond motifs is 4. The van der Waals surface area contributed by atoms with Crippen molar-refractivity contribution in [2.45, 2.75) is 24.7 Å². The average molecular weight is 435 g/mol. The minimum atomic E-state index is -4.44. The number of carbonyl (C=O) groups is 1. The summed E-state index contributed by atoms with van der Waals surface area (Å²) in [5.74, 6) is 1.13. The molecule has 0 radical (unpaired) electrons. The number of rotatable bonds is 2. The molecule has 2 atom stereocenters. The van der Waals surface area contributed by atoms with Crippen molar-refractivity contribution in [3.63, 3.8) is 0 Å². The second-order valence-corrected chi connectivity index (χ2v) is 7.64. The Labute approximate surface area is 175 Å². The number of aromatic nitrogens is 3. The van der Waals surface area contributed by atoms with E-state index < -0.39 is 18.3 Å². The van der Waals surface area contributed by atoms with Crippen molar-refractivity contribution in [2.75, 3.05) is 52.8 Å². The van der Waals surface area contributed by atoms with E-state index in [2.05, 4.69) is 25.2 Å². The molecule has 2 fully saturated rings. The number of anilines is 4. The van der Waals surface area contributed by atoms with Crippen LogP contribution in [0.5, 0.6) is 0 Å². The predicted octanol–water partition coefficient (Wildman–Crippen LogP) is 2.27. The summed E-state index contributed by atoms with van der Waals surface area (Å²) in [6.45, 7) is 1.36. The Kier molecular flexibility index (Phi) is 4.80. The summed E-state index contributed by atoms with van der Waals surface area (Å²) in [6.07, 6.45) is -1.12. The summed E-state index contributed by atoms with van der Waals surface area (Å²) in [6, 6.07) is 3.04. The van der Waals surface area contributed by atoms with Gasteiger partial charge in [-0.25, -0.2) is 14.8 Å². The number of morpholine rings is 1. The molecule has 2 saturated heterocycles. The Morgan fingerprint density at radius 1 is 1.16 bits per heavy atom. The van der Waals surface area contributed by atoms with Gasteiger partial charge in [0.2, 0.25) is 0 Å². The molecule has 5 rings (SSSR count). The van der Waals surface area contributed by atoms with E-state index >= 15 is 0 Å². The Hall–Kier alpha value is -3.15. The number of hydrogen-bond donors (Lipinski definition) is 1. The molecule has 2 aromatic rings. The van der Waals surface area contributed by atoms with Crippen LogP contribution >= 0.6 is 0 Å². The van der Waals surface area contributed by atoms with Gasteiger partial charge < -0.3 is 14.5 Å². The first-order valence-corrected chi connectivity index (χ1v) is 9.95.